The fourth-order valence-electron chi connectivity index (χ4n) is 1.89. The van der Waals surface area contributed by atoms with E-state index in [9.17, 15) is 4.39 Å². The Morgan fingerprint density at radius 1 is 1.11 bits per heavy atom. The molecule has 100 valence electrons. The Hall–Kier alpha value is -0.750. The molecule has 0 amide bonds. The van der Waals surface area contributed by atoms with Crippen LogP contribution in [0.25, 0.3) is 0 Å². The van der Waals surface area contributed by atoms with Crippen LogP contribution in [0.3, 0.4) is 0 Å². The Labute approximate surface area is 128 Å². The molecule has 0 aliphatic heterocycles. The van der Waals surface area contributed by atoms with E-state index >= 15 is 0 Å². The normalized spacial score (nSPS) is 12.4. The lowest BCUT2D eigenvalue weighted by molar-refractivity contribution is 0.543. The number of nitrogens with one attached hydrogen (secondary N) is 1. The van der Waals surface area contributed by atoms with Crippen molar-refractivity contribution in [2.24, 2.45) is 5.84 Å². The second-order valence-corrected chi connectivity index (χ2v) is 5.90. The standard InChI is InChI=1S/C14H13Br2FN2/c15-11-4-2-1-3-9(11)8-14(19-18)10-5-6-12(16)13(17)7-10/h1-7,14,19H,8,18H2. The molecular formula is C14H13Br2FN2. The van der Waals surface area contributed by atoms with Crippen LogP contribution in [-0.2, 0) is 6.42 Å². The van der Waals surface area contributed by atoms with Gasteiger partial charge in [-0.05, 0) is 51.7 Å². The first-order chi connectivity index (χ1) is 9.11. The van der Waals surface area contributed by atoms with Gasteiger partial charge in [-0.15, -0.1) is 0 Å². The second-order valence-electron chi connectivity index (χ2n) is 4.19. The van der Waals surface area contributed by atoms with Gasteiger partial charge in [0, 0.05) is 4.47 Å². The van der Waals surface area contributed by atoms with Gasteiger partial charge in [0.2, 0.25) is 0 Å². The summed E-state index contributed by atoms with van der Waals surface area (Å²) in [6.07, 6.45) is 0.680. The summed E-state index contributed by atoms with van der Waals surface area (Å²) in [5, 5.41) is 0. The maximum absolute atomic E-state index is 13.6. The van der Waals surface area contributed by atoms with Crippen LogP contribution in [-0.4, -0.2) is 0 Å². The van der Waals surface area contributed by atoms with Gasteiger partial charge in [-0.1, -0.05) is 40.2 Å². The molecule has 1 unspecified atom stereocenters. The first-order valence-electron chi connectivity index (χ1n) is 5.76. The fraction of sp³-hybridized carbons (Fsp3) is 0.143. The van der Waals surface area contributed by atoms with Crippen LogP contribution in [0.2, 0.25) is 0 Å². The molecule has 0 spiro atoms. The summed E-state index contributed by atoms with van der Waals surface area (Å²) in [4.78, 5) is 0. The van der Waals surface area contributed by atoms with Crippen molar-refractivity contribution < 1.29 is 4.39 Å². The lowest BCUT2D eigenvalue weighted by Gasteiger charge is -2.17. The highest BCUT2D eigenvalue weighted by molar-refractivity contribution is 9.10. The summed E-state index contributed by atoms with van der Waals surface area (Å²) in [5.74, 6) is 5.30. The minimum Gasteiger partial charge on any atom is -0.271 e. The molecule has 5 heteroatoms. The highest BCUT2D eigenvalue weighted by Crippen LogP contribution is 2.25. The van der Waals surface area contributed by atoms with Gasteiger partial charge in [-0.2, -0.15) is 0 Å². The third-order valence-corrected chi connectivity index (χ3v) is 4.35. The molecule has 0 aliphatic rings. The van der Waals surface area contributed by atoms with Gasteiger partial charge in [0.1, 0.15) is 5.82 Å². The molecular weight excluding hydrogens is 375 g/mol. The second kappa shape index (κ2) is 6.61. The topological polar surface area (TPSA) is 38.0 Å². The molecule has 2 aromatic carbocycles. The number of hydrogen-bond acceptors (Lipinski definition) is 2. The maximum Gasteiger partial charge on any atom is 0.137 e. The first kappa shape index (κ1) is 14.7. The minimum absolute atomic E-state index is 0.138. The molecule has 1 atom stereocenters. The summed E-state index contributed by atoms with van der Waals surface area (Å²) in [6.45, 7) is 0. The van der Waals surface area contributed by atoms with Gasteiger partial charge in [0.05, 0.1) is 10.5 Å². The quantitative estimate of drug-likeness (QED) is 0.612. The van der Waals surface area contributed by atoms with E-state index in [-0.39, 0.29) is 11.9 Å². The molecule has 0 saturated carbocycles. The Morgan fingerprint density at radius 3 is 2.47 bits per heavy atom. The van der Waals surface area contributed by atoms with Crippen molar-refractivity contribution in [2.45, 2.75) is 12.5 Å². The summed E-state index contributed by atoms with van der Waals surface area (Å²) >= 11 is 6.65. The molecule has 0 heterocycles. The monoisotopic (exact) mass is 386 g/mol. The van der Waals surface area contributed by atoms with Crippen LogP contribution in [0.1, 0.15) is 17.2 Å². The van der Waals surface area contributed by atoms with Crippen molar-refractivity contribution in [1.82, 2.24) is 5.43 Å². The van der Waals surface area contributed by atoms with Crippen molar-refractivity contribution in [3.63, 3.8) is 0 Å². The number of hydrazine groups is 1. The van der Waals surface area contributed by atoms with Gasteiger partial charge in [-0.3, -0.25) is 11.3 Å². The van der Waals surface area contributed by atoms with Crippen LogP contribution < -0.4 is 11.3 Å². The molecule has 19 heavy (non-hydrogen) atoms. The third-order valence-electron chi connectivity index (χ3n) is 2.93. The molecule has 3 N–H and O–H groups in total. The first-order valence-corrected chi connectivity index (χ1v) is 7.35. The highest BCUT2D eigenvalue weighted by Gasteiger charge is 2.13. The van der Waals surface area contributed by atoms with E-state index in [4.69, 9.17) is 5.84 Å². The Kier molecular flexibility index (Phi) is 5.10. The minimum atomic E-state index is -0.287. The Morgan fingerprint density at radius 2 is 1.84 bits per heavy atom. The van der Waals surface area contributed by atoms with E-state index in [1.807, 2.05) is 30.3 Å². The fourth-order valence-corrected chi connectivity index (χ4v) is 2.58. The third kappa shape index (κ3) is 3.63. The predicted molar refractivity (Wildman–Crippen MR) is 82.0 cm³/mol. The number of rotatable bonds is 4. The van der Waals surface area contributed by atoms with Gasteiger partial charge in [-0.25, -0.2) is 4.39 Å². The number of hydrogen-bond donors (Lipinski definition) is 2. The average Bonchev–Trinajstić information content (AvgIpc) is 2.41. The van der Waals surface area contributed by atoms with Crippen molar-refractivity contribution >= 4 is 31.9 Å². The molecule has 0 saturated heterocycles. The smallest absolute Gasteiger partial charge is 0.137 e. The number of nitrogens with two attached hydrogens (primary N) is 1. The van der Waals surface area contributed by atoms with Gasteiger partial charge in [0.25, 0.3) is 0 Å². The largest absolute Gasteiger partial charge is 0.271 e. The molecule has 2 nitrogen and oxygen atoms in total. The van der Waals surface area contributed by atoms with Gasteiger partial charge < -0.3 is 0 Å². The summed E-state index contributed by atoms with van der Waals surface area (Å²) in [5.41, 5.74) is 4.68. The zero-order valence-electron chi connectivity index (χ0n) is 10.0. The maximum atomic E-state index is 13.6. The molecule has 2 rings (SSSR count). The summed E-state index contributed by atoms with van der Waals surface area (Å²) in [7, 11) is 0. The lowest BCUT2D eigenvalue weighted by atomic mass is 9.99. The molecule has 2 aromatic rings. The van der Waals surface area contributed by atoms with E-state index in [0.717, 1.165) is 15.6 Å². The molecule has 0 aromatic heterocycles. The predicted octanol–water partition coefficient (Wildman–Crippen LogP) is 4.10. The highest BCUT2D eigenvalue weighted by atomic mass is 79.9. The molecule has 0 fully saturated rings. The van der Waals surface area contributed by atoms with E-state index in [1.54, 1.807) is 6.07 Å². The van der Waals surface area contributed by atoms with E-state index in [2.05, 4.69) is 37.3 Å². The van der Waals surface area contributed by atoms with Crippen molar-refractivity contribution in [2.75, 3.05) is 0 Å². The van der Waals surface area contributed by atoms with Crippen LogP contribution >= 0.6 is 31.9 Å². The van der Waals surface area contributed by atoms with Crippen LogP contribution in [0.15, 0.2) is 51.4 Å². The summed E-state index contributed by atoms with van der Waals surface area (Å²) < 4.78 is 15.0. The molecule has 0 bridgehead atoms. The SMILES string of the molecule is NNC(Cc1ccccc1Br)c1ccc(Br)c(F)c1. The number of halogens is 3. The average molecular weight is 388 g/mol. The summed E-state index contributed by atoms with van der Waals surface area (Å²) in [6, 6.07) is 12.8. The lowest BCUT2D eigenvalue weighted by Crippen LogP contribution is -2.29. The van der Waals surface area contributed by atoms with Gasteiger partial charge >= 0.3 is 0 Å². The Bertz CT molecular complexity index is 575. The zero-order chi connectivity index (χ0) is 13.8. The van der Waals surface area contributed by atoms with E-state index in [1.165, 1.54) is 6.07 Å². The zero-order valence-corrected chi connectivity index (χ0v) is 13.2. The van der Waals surface area contributed by atoms with Crippen molar-refractivity contribution in [3.8, 4) is 0 Å². The van der Waals surface area contributed by atoms with Crippen LogP contribution in [0.4, 0.5) is 4.39 Å². The van der Waals surface area contributed by atoms with Crippen molar-refractivity contribution in [1.29, 1.82) is 0 Å². The molecule has 0 aliphatic carbocycles. The van der Waals surface area contributed by atoms with Gasteiger partial charge in [0.15, 0.2) is 0 Å². The van der Waals surface area contributed by atoms with E-state index in [0.29, 0.717) is 10.9 Å². The van der Waals surface area contributed by atoms with E-state index < -0.39 is 0 Å². The van der Waals surface area contributed by atoms with Crippen molar-refractivity contribution in [3.05, 3.63) is 68.4 Å². The number of benzene rings is 2. The molecule has 0 radical (unpaired) electrons. The van der Waals surface area contributed by atoms with Crippen LogP contribution in [0, 0.1) is 5.82 Å². The Balaban J connectivity index is 2.25. The van der Waals surface area contributed by atoms with Crippen LogP contribution in [0.5, 0.6) is 0 Å².